The van der Waals surface area contributed by atoms with Gasteiger partial charge in [0.1, 0.15) is 0 Å². The zero-order valence-corrected chi connectivity index (χ0v) is 19.5. The van der Waals surface area contributed by atoms with Gasteiger partial charge in [-0.1, -0.05) is 31.9 Å². The van der Waals surface area contributed by atoms with Crippen LogP contribution in [0.2, 0.25) is 5.02 Å². The Kier molecular flexibility index (Phi) is 8.11. The molecule has 2 aromatic carbocycles. The molecule has 2 unspecified atom stereocenters. The fourth-order valence-electron chi connectivity index (χ4n) is 3.87. The molecule has 0 saturated carbocycles. The first kappa shape index (κ1) is 23.7. The van der Waals surface area contributed by atoms with Crippen molar-refractivity contribution in [2.75, 3.05) is 11.9 Å². The number of halogens is 1. The number of sulfonamides is 1. The van der Waals surface area contributed by atoms with Crippen LogP contribution >= 0.6 is 11.6 Å². The highest BCUT2D eigenvalue weighted by Crippen LogP contribution is 2.26. The quantitative estimate of drug-likeness (QED) is 0.556. The van der Waals surface area contributed by atoms with E-state index in [9.17, 15) is 13.2 Å². The molecule has 2 N–H and O–H groups in total. The molecule has 168 valence electrons. The molecule has 0 radical (unpaired) electrons. The van der Waals surface area contributed by atoms with Crippen molar-refractivity contribution < 1.29 is 13.2 Å². The number of hydrogen-bond acceptors (Lipinski definition) is 4. The van der Waals surface area contributed by atoms with Crippen molar-refractivity contribution in [3.8, 4) is 0 Å². The summed E-state index contributed by atoms with van der Waals surface area (Å²) < 4.78 is 28.1. The van der Waals surface area contributed by atoms with E-state index in [1.54, 1.807) is 52.8 Å². The van der Waals surface area contributed by atoms with Crippen LogP contribution < -0.4 is 10.6 Å². The summed E-state index contributed by atoms with van der Waals surface area (Å²) in [5, 5.41) is 6.87. The predicted octanol–water partition coefficient (Wildman–Crippen LogP) is 4.87. The van der Waals surface area contributed by atoms with Crippen molar-refractivity contribution in [2.45, 2.75) is 63.1 Å². The van der Waals surface area contributed by atoms with Crippen LogP contribution in [-0.2, 0) is 10.0 Å². The molecular formula is C23H30ClN3O3S. The van der Waals surface area contributed by atoms with Gasteiger partial charge in [0.25, 0.3) is 5.91 Å². The van der Waals surface area contributed by atoms with Gasteiger partial charge in [0.15, 0.2) is 0 Å². The van der Waals surface area contributed by atoms with Crippen molar-refractivity contribution >= 4 is 33.2 Å². The molecule has 2 aromatic rings. The van der Waals surface area contributed by atoms with Crippen LogP contribution in [0.4, 0.5) is 5.69 Å². The number of nitrogens with zero attached hydrogens (tertiary/aromatic N) is 1. The third kappa shape index (κ3) is 5.86. The summed E-state index contributed by atoms with van der Waals surface area (Å²) in [5.41, 5.74) is 1.01. The lowest BCUT2D eigenvalue weighted by molar-refractivity contribution is 0.102. The summed E-state index contributed by atoms with van der Waals surface area (Å²) in [7, 11) is -3.62. The molecule has 1 amide bonds. The fourth-order valence-corrected chi connectivity index (χ4v) is 5.62. The van der Waals surface area contributed by atoms with Crippen molar-refractivity contribution in [3.63, 3.8) is 0 Å². The number of amides is 1. The van der Waals surface area contributed by atoms with Crippen molar-refractivity contribution in [1.29, 1.82) is 0 Å². The molecule has 3 rings (SSSR count). The van der Waals surface area contributed by atoms with Crippen molar-refractivity contribution in [3.05, 3.63) is 59.1 Å². The first-order valence-electron chi connectivity index (χ1n) is 10.8. The zero-order chi connectivity index (χ0) is 22.4. The van der Waals surface area contributed by atoms with E-state index in [1.807, 2.05) is 0 Å². The molecule has 0 aromatic heterocycles. The second kappa shape index (κ2) is 10.6. The molecule has 0 bridgehead atoms. The van der Waals surface area contributed by atoms with Crippen LogP contribution in [0.3, 0.4) is 0 Å². The monoisotopic (exact) mass is 463 g/mol. The number of carbonyl (C=O) groups excluding carboxylic acids is 1. The maximum Gasteiger partial charge on any atom is 0.255 e. The SMILES string of the molecule is CCCC(CC)NC1CCCN1S(=O)(=O)c1ccc(NC(=O)c2ccc(Cl)cc2)cc1. The van der Waals surface area contributed by atoms with Gasteiger partial charge in [-0.2, -0.15) is 4.31 Å². The number of rotatable bonds is 9. The summed E-state index contributed by atoms with van der Waals surface area (Å²) in [6, 6.07) is 13.2. The summed E-state index contributed by atoms with van der Waals surface area (Å²) in [4.78, 5) is 12.6. The van der Waals surface area contributed by atoms with Gasteiger partial charge in [0, 0.05) is 28.9 Å². The highest BCUT2D eigenvalue weighted by molar-refractivity contribution is 7.89. The summed E-state index contributed by atoms with van der Waals surface area (Å²) in [5.74, 6) is -0.280. The first-order chi connectivity index (χ1) is 14.8. The van der Waals surface area contributed by atoms with Gasteiger partial charge in [-0.25, -0.2) is 8.42 Å². The molecule has 2 atom stereocenters. The highest BCUT2D eigenvalue weighted by Gasteiger charge is 2.36. The van der Waals surface area contributed by atoms with Gasteiger partial charge in [-0.3, -0.25) is 10.1 Å². The molecule has 6 nitrogen and oxygen atoms in total. The third-order valence-electron chi connectivity index (χ3n) is 5.59. The molecule has 1 fully saturated rings. The van der Waals surface area contributed by atoms with Crippen LogP contribution in [-0.4, -0.2) is 37.4 Å². The summed E-state index contributed by atoms with van der Waals surface area (Å²) in [6.45, 7) is 4.77. The maximum absolute atomic E-state index is 13.2. The van der Waals surface area contributed by atoms with Gasteiger partial charge in [-0.15, -0.1) is 0 Å². The zero-order valence-electron chi connectivity index (χ0n) is 18.0. The molecule has 8 heteroatoms. The van der Waals surface area contributed by atoms with Gasteiger partial charge in [0.05, 0.1) is 11.1 Å². The van der Waals surface area contributed by atoms with E-state index in [2.05, 4.69) is 24.5 Å². The normalized spacial score (nSPS) is 18.1. The predicted molar refractivity (Wildman–Crippen MR) is 125 cm³/mol. The Bertz CT molecular complexity index is 978. The van der Waals surface area contributed by atoms with Gasteiger partial charge >= 0.3 is 0 Å². The Hall–Kier alpha value is -1.93. The minimum atomic E-state index is -3.62. The number of hydrogen-bond donors (Lipinski definition) is 2. The first-order valence-corrected chi connectivity index (χ1v) is 12.6. The van der Waals surface area contributed by atoms with Crippen molar-refractivity contribution in [2.24, 2.45) is 0 Å². The van der Waals surface area contributed by atoms with Crippen LogP contribution in [0, 0.1) is 0 Å². The molecule has 31 heavy (non-hydrogen) atoms. The van der Waals surface area contributed by atoms with Crippen LogP contribution in [0.15, 0.2) is 53.4 Å². The lowest BCUT2D eigenvalue weighted by atomic mass is 10.1. The minimum Gasteiger partial charge on any atom is -0.322 e. The second-order valence-electron chi connectivity index (χ2n) is 7.82. The minimum absolute atomic E-state index is 0.175. The fraction of sp³-hybridized carbons (Fsp3) is 0.435. The molecule has 1 heterocycles. The van der Waals surface area contributed by atoms with Gasteiger partial charge in [0.2, 0.25) is 10.0 Å². The number of carbonyl (C=O) groups is 1. The maximum atomic E-state index is 13.2. The van der Waals surface area contributed by atoms with E-state index >= 15 is 0 Å². The Morgan fingerprint density at radius 1 is 1.13 bits per heavy atom. The largest absolute Gasteiger partial charge is 0.322 e. The van der Waals surface area contributed by atoms with E-state index in [4.69, 9.17) is 11.6 Å². The Balaban J connectivity index is 1.70. The summed E-state index contributed by atoms with van der Waals surface area (Å²) >= 11 is 5.86. The van der Waals surface area contributed by atoms with E-state index in [-0.39, 0.29) is 17.0 Å². The average molecular weight is 464 g/mol. The van der Waals surface area contributed by atoms with Crippen LogP contribution in [0.5, 0.6) is 0 Å². The smallest absolute Gasteiger partial charge is 0.255 e. The summed E-state index contributed by atoms with van der Waals surface area (Å²) in [6.07, 6.45) is 4.55. The highest BCUT2D eigenvalue weighted by atomic mass is 35.5. The standard InChI is InChI=1S/C23H30ClN3O3S/c1-3-6-19(4-2)25-22-7-5-16-27(22)31(29,30)21-14-12-20(13-15-21)26-23(28)17-8-10-18(24)11-9-17/h8-15,19,22,25H,3-7,16H2,1-2H3,(H,26,28). The lowest BCUT2D eigenvalue weighted by Gasteiger charge is -2.29. The number of benzene rings is 2. The second-order valence-corrected chi connectivity index (χ2v) is 10.1. The molecular weight excluding hydrogens is 434 g/mol. The van der Waals surface area contributed by atoms with E-state index in [0.717, 1.165) is 32.1 Å². The Labute approximate surface area is 190 Å². The van der Waals surface area contributed by atoms with Gasteiger partial charge in [-0.05, 0) is 74.2 Å². The van der Waals surface area contributed by atoms with E-state index < -0.39 is 10.0 Å². The lowest BCUT2D eigenvalue weighted by Crippen LogP contribution is -2.48. The third-order valence-corrected chi connectivity index (χ3v) is 7.76. The topological polar surface area (TPSA) is 78.5 Å². The molecule has 0 spiro atoms. The molecule has 1 aliphatic rings. The Morgan fingerprint density at radius 3 is 2.42 bits per heavy atom. The number of nitrogens with one attached hydrogen (secondary N) is 2. The van der Waals surface area contributed by atoms with Crippen LogP contribution in [0.25, 0.3) is 0 Å². The van der Waals surface area contributed by atoms with E-state index in [0.29, 0.717) is 28.9 Å². The molecule has 0 aliphatic carbocycles. The average Bonchev–Trinajstić information content (AvgIpc) is 3.23. The van der Waals surface area contributed by atoms with E-state index in [1.165, 1.54) is 0 Å². The Morgan fingerprint density at radius 2 is 1.81 bits per heavy atom. The molecule has 1 saturated heterocycles. The van der Waals surface area contributed by atoms with Crippen molar-refractivity contribution in [1.82, 2.24) is 9.62 Å². The van der Waals surface area contributed by atoms with Gasteiger partial charge < -0.3 is 5.32 Å². The number of anilines is 1. The van der Waals surface area contributed by atoms with Crippen LogP contribution in [0.1, 0.15) is 56.3 Å². The molecule has 1 aliphatic heterocycles.